The zero-order chi connectivity index (χ0) is 16.7. The van der Waals surface area contributed by atoms with Gasteiger partial charge in [-0.1, -0.05) is 6.07 Å². The second-order valence-corrected chi connectivity index (χ2v) is 6.72. The average molecular weight is 329 g/mol. The summed E-state index contributed by atoms with van der Waals surface area (Å²) in [5, 5.41) is 4.24. The fourth-order valence-corrected chi connectivity index (χ4v) is 3.70. The van der Waals surface area contributed by atoms with E-state index in [0.29, 0.717) is 5.69 Å². The van der Waals surface area contributed by atoms with Gasteiger partial charge in [-0.05, 0) is 44.5 Å². The van der Waals surface area contributed by atoms with Crippen molar-refractivity contribution in [3.8, 4) is 5.69 Å². The zero-order valence-electron chi connectivity index (χ0n) is 13.7. The lowest BCUT2D eigenvalue weighted by atomic mass is 9.78. The summed E-state index contributed by atoms with van der Waals surface area (Å²) in [5.74, 6) is -0.329. The van der Waals surface area contributed by atoms with E-state index in [-0.39, 0.29) is 23.1 Å². The number of nitrogens with zero attached hydrogens (tertiary/aromatic N) is 5. The monoisotopic (exact) mass is 329 g/mol. The Balaban J connectivity index is 1.53. The molecule has 2 aliphatic heterocycles. The van der Waals surface area contributed by atoms with E-state index < -0.39 is 0 Å². The number of carbonyl (C=O) groups excluding carboxylic acids is 1. The van der Waals surface area contributed by atoms with Gasteiger partial charge in [0.05, 0.1) is 5.69 Å². The molecule has 1 atom stereocenters. The number of benzene rings is 1. The molecule has 2 aromatic rings. The van der Waals surface area contributed by atoms with Crippen LogP contribution >= 0.6 is 0 Å². The van der Waals surface area contributed by atoms with Crippen molar-refractivity contribution in [3.63, 3.8) is 0 Å². The first-order valence-electron chi connectivity index (χ1n) is 8.26. The Labute approximate surface area is 139 Å². The Bertz CT molecular complexity index is 776. The van der Waals surface area contributed by atoms with Crippen LogP contribution in [0.5, 0.6) is 0 Å². The third-order valence-electron chi connectivity index (χ3n) is 5.32. The summed E-state index contributed by atoms with van der Waals surface area (Å²) in [4.78, 5) is 21.1. The van der Waals surface area contributed by atoms with Crippen molar-refractivity contribution in [1.82, 2.24) is 24.6 Å². The molecule has 126 valence electrons. The highest BCUT2D eigenvalue weighted by Gasteiger charge is 2.46. The minimum absolute atomic E-state index is 0.138. The van der Waals surface area contributed by atoms with Crippen LogP contribution < -0.4 is 0 Å². The maximum atomic E-state index is 13.3. The molecule has 0 N–H and O–H groups in total. The van der Waals surface area contributed by atoms with Crippen LogP contribution in [0, 0.1) is 5.82 Å². The van der Waals surface area contributed by atoms with Crippen LogP contribution in [-0.4, -0.2) is 62.7 Å². The molecule has 2 aliphatic rings. The van der Waals surface area contributed by atoms with Crippen molar-refractivity contribution in [2.45, 2.75) is 24.8 Å². The van der Waals surface area contributed by atoms with Crippen molar-refractivity contribution < 1.29 is 9.18 Å². The molecule has 4 rings (SSSR count). The number of aromatic nitrogens is 3. The summed E-state index contributed by atoms with van der Waals surface area (Å²) in [7, 11) is 2.12. The molecule has 1 amide bonds. The maximum Gasteiger partial charge on any atom is 0.293 e. The number of likely N-dealkylation sites (N-methyl/N-ethyl adjacent to an activating group) is 1. The Kier molecular flexibility index (Phi) is 3.60. The third kappa shape index (κ3) is 2.49. The van der Waals surface area contributed by atoms with Crippen molar-refractivity contribution >= 4 is 5.91 Å². The summed E-state index contributed by atoms with van der Waals surface area (Å²) >= 11 is 0. The van der Waals surface area contributed by atoms with Gasteiger partial charge in [0.15, 0.2) is 0 Å². The first-order valence-corrected chi connectivity index (χ1v) is 8.26. The summed E-state index contributed by atoms with van der Waals surface area (Å²) < 4.78 is 14.8. The van der Waals surface area contributed by atoms with E-state index in [1.807, 2.05) is 4.90 Å². The molecule has 0 unspecified atom stereocenters. The average Bonchev–Trinajstić information content (AvgIpc) is 3.10. The van der Waals surface area contributed by atoms with Crippen molar-refractivity contribution in [2.75, 3.05) is 26.7 Å². The Morgan fingerprint density at radius 2 is 2.17 bits per heavy atom. The molecule has 1 aromatic carbocycles. The minimum Gasteiger partial charge on any atom is -0.334 e. The standard InChI is InChI=1S/C17H20FN5O/c1-21-9-7-17(21)6-3-8-22(11-17)16(24)15-19-12-23(20-15)14-5-2-4-13(18)10-14/h2,4-5,10,12H,3,6-9,11H2,1H3/t17-/m1/s1. The number of likely N-dealkylation sites (tertiary alicyclic amines) is 2. The van der Waals surface area contributed by atoms with E-state index in [1.54, 1.807) is 12.1 Å². The second kappa shape index (κ2) is 5.66. The van der Waals surface area contributed by atoms with E-state index in [4.69, 9.17) is 0 Å². The van der Waals surface area contributed by atoms with Crippen LogP contribution in [0.15, 0.2) is 30.6 Å². The normalized spacial score (nSPS) is 24.2. The molecule has 7 heteroatoms. The van der Waals surface area contributed by atoms with Crippen molar-refractivity contribution in [2.24, 2.45) is 0 Å². The molecular weight excluding hydrogens is 309 g/mol. The fourth-order valence-electron chi connectivity index (χ4n) is 3.70. The lowest BCUT2D eigenvalue weighted by Gasteiger charge is -2.55. The summed E-state index contributed by atoms with van der Waals surface area (Å²) in [6.45, 7) is 2.56. The van der Waals surface area contributed by atoms with Crippen LogP contribution in [0.2, 0.25) is 0 Å². The van der Waals surface area contributed by atoms with Gasteiger partial charge in [-0.25, -0.2) is 14.1 Å². The summed E-state index contributed by atoms with van der Waals surface area (Å²) in [6, 6.07) is 6.07. The van der Waals surface area contributed by atoms with Crippen molar-refractivity contribution in [1.29, 1.82) is 0 Å². The molecule has 3 heterocycles. The van der Waals surface area contributed by atoms with Gasteiger partial charge in [-0.3, -0.25) is 9.69 Å². The third-order valence-corrected chi connectivity index (χ3v) is 5.32. The molecule has 24 heavy (non-hydrogen) atoms. The SMILES string of the molecule is CN1CC[C@@]12CCCN(C(=O)c1ncn(-c3cccc(F)c3)n1)C2. The smallest absolute Gasteiger partial charge is 0.293 e. The van der Waals surface area contributed by atoms with Crippen molar-refractivity contribution in [3.05, 3.63) is 42.2 Å². The highest BCUT2D eigenvalue weighted by Crippen LogP contribution is 2.37. The fraction of sp³-hybridized carbons (Fsp3) is 0.471. The first kappa shape index (κ1) is 15.3. The van der Waals surface area contributed by atoms with E-state index in [1.165, 1.54) is 23.1 Å². The largest absolute Gasteiger partial charge is 0.334 e. The summed E-state index contributed by atoms with van der Waals surface area (Å²) in [6.07, 6.45) is 4.73. The molecule has 6 nitrogen and oxygen atoms in total. The van der Waals surface area contributed by atoms with E-state index in [0.717, 1.165) is 38.9 Å². The molecular formula is C17H20FN5O. The van der Waals surface area contributed by atoms with Crippen LogP contribution in [-0.2, 0) is 0 Å². The number of hydrogen-bond acceptors (Lipinski definition) is 4. The molecule has 0 bridgehead atoms. The predicted octanol–water partition coefficient (Wildman–Crippen LogP) is 1.72. The van der Waals surface area contributed by atoms with Crippen LogP contribution in [0.3, 0.4) is 0 Å². The van der Waals surface area contributed by atoms with E-state index >= 15 is 0 Å². The predicted molar refractivity (Wildman–Crippen MR) is 86.4 cm³/mol. The molecule has 0 aliphatic carbocycles. The van der Waals surface area contributed by atoms with Crippen LogP contribution in [0.4, 0.5) is 4.39 Å². The molecule has 1 aromatic heterocycles. The van der Waals surface area contributed by atoms with Gasteiger partial charge in [-0.2, -0.15) is 0 Å². The quantitative estimate of drug-likeness (QED) is 0.842. The molecule has 2 fully saturated rings. The second-order valence-electron chi connectivity index (χ2n) is 6.72. The van der Waals surface area contributed by atoms with Gasteiger partial charge in [0.1, 0.15) is 12.1 Å². The van der Waals surface area contributed by atoms with Gasteiger partial charge in [0, 0.05) is 25.2 Å². The lowest BCUT2D eigenvalue weighted by Crippen LogP contribution is -2.66. The minimum atomic E-state index is -0.345. The number of amides is 1. The molecule has 0 radical (unpaired) electrons. The van der Waals surface area contributed by atoms with Gasteiger partial charge in [0.25, 0.3) is 5.91 Å². The number of halogens is 1. The van der Waals surface area contributed by atoms with Gasteiger partial charge in [0.2, 0.25) is 5.82 Å². The molecule has 1 spiro atoms. The lowest BCUT2D eigenvalue weighted by molar-refractivity contribution is -0.0411. The highest BCUT2D eigenvalue weighted by atomic mass is 19.1. The molecule has 0 saturated carbocycles. The van der Waals surface area contributed by atoms with Gasteiger partial charge in [-0.15, -0.1) is 5.10 Å². The maximum absolute atomic E-state index is 13.3. The van der Waals surface area contributed by atoms with E-state index in [2.05, 4.69) is 22.0 Å². The number of piperidine rings is 1. The first-order chi connectivity index (χ1) is 11.6. The summed E-state index contributed by atoms with van der Waals surface area (Å²) in [5.41, 5.74) is 0.689. The Morgan fingerprint density at radius 3 is 2.88 bits per heavy atom. The topological polar surface area (TPSA) is 54.3 Å². The highest BCUT2D eigenvalue weighted by molar-refractivity contribution is 5.90. The van der Waals surface area contributed by atoms with Gasteiger partial charge < -0.3 is 4.90 Å². The zero-order valence-corrected chi connectivity index (χ0v) is 13.7. The Hall–Kier alpha value is -2.28. The number of rotatable bonds is 2. The van der Waals surface area contributed by atoms with Crippen LogP contribution in [0.25, 0.3) is 5.69 Å². The number of hydrogen-bond donors (Lipinski definition) is 0. The number of carbonyl (C=O) groups is 1. The Morgan fingerprint density at radius 1 is 1.29 bits per heavy atom. The molecule has 2 saturated heterocycles. The van der Waals surface area contributed by atoms with E-state index in [9.17, 15) is 9.18 Å². The van der Waals surface area contributed by atoms with Gasteiger partial charge >= 0.3 is 0 Å². The van der Waals surface area contributed by atoms with Crippen LogP contribution in [0.1, 0.15) is 29.9 Å².